The third kappa shape index (κ3) is 10.6. The van der Waals surface area contributed by atoms with E-state index < -0.39 is 0 Å². The van der Waals surface area contributed by atoms with Crippen LogP contribution in [0.25, 0.3) is 12.2 Å². The van der Waals surface area contributed by atoms with Crippen molar-refractivity contribution in [1.82, 2.24) is 10.0 Å². The number of hydrogen-bond donors (Lipinski definition) is 0. The van der Waals surface area contributed by atoms with Crippen molar-refractivity contribution in [2.75, 3.05) is 26.2 Å². The molecule has 2 aromatic rings. The minimum Gasteiger partial charge on any atom is -0.293 e. The van der Waals surface area contributed by atoms with E-state index in [4.69, 9.17) is 10.2 Å². The van der Waals surface area contributed by atoms with Crippen LogP contribution < -0.4 is 0 Å². The smallest absolute Gasteiger partial charge is 0.0553 e. The third-order valence-corrected chi connectivity index (χ3v) is 6.45. The maximum Gasteiger partial charge on any atom is 0.0553 e. The monoisotopic (exact) mass is 484 g/mol. The van der Waals surface area contributed by atoms with Crippen LogP contribution in [0.2, 0.25) is 0 Å². The fourth-order valence-electron chi connectivity index (χ4n) is 4.26. The minimum absolute atomic E-state index is 0.898. The quantitative estimate of drug-likeness (QED) is 0.201. The first-order valence-electron chi connectivity index (χ1n) is 13.9. The average Bonchev–Trinajstić information content (AvgIpc) is 2.92. The van der Waals surface area contributed by atoms with Crippen LogP contribution in [-0.4, -0.2) is 48.6 Å². The molecule has 1 saturated heterocycles. The summed E-state index contributed by atoms with van der Waals surface area (Å²) in [5.41, 5.74) is 5.09. The van der Waals surface area contributed by atoms with E-state index in [-0.39, 0.29) is 0 Å². The van der Waals surface area contributed by atoms with Gasteiger partial charge in [-0.1, -0.05) is 112 Å². The highest BCUT2D eigenvalue weighted by Gasteiger charge is 2.13. The van der Waals surface area contributed by atoms with E-state index in [2.05, 4.69) is 109 Å². The first kappa shape index (κ1) is 27.4. The standard InChI is InChI=1S/C32H44N4/c1-3-5-9-19-31(25-29-15-11-7-12-16-29)27-33-35-21-23-36(24-22-35)34-28-32(20-10-6-4-2)26-30-17-13-8-14-18-30/h7-8,11-18,25-28H,3-6,9-10,19-24H2,1-2H3/b31-25-,32-26+,33-27+,34-28+. The van der Waals surface area contributed by atoms with Gasteiger partial charge in [-0.2, -0.15) is 10.2 Å². The Bertz CT molecular complexity index is 886. The molecule has 0 atom stereocenters. The molecule has 0 unspecified atom stereocenters. The van der Waals surface area contributed by atoms with Gasteiger partial charge in [-0.05, 0) is 48.0 Å². The van der Waals surface area contributed by atoms with Gasteiger partial charge < -0.3 is 0 Å². The van der Waals surface area contributed by atoms with E-state index in [1.807, 2.05) is 0 Å². The van der Waals surface area contributed by atoms with Crippen molar-refractivity contribution < 1.29 is 0 Å². The highest BCUT2D eigenvalue weighted by molar-refractivity contribution is 5.86. The number of rotatable bonds is 14. The van der Waals surface area contributed by atoms with Crippen LogP contribution in [0.4, 0.5) is 0 Å². The Balaban J connectivity index is 1.55. The molecule has 4 heteroatoms. The molecule has 4 nitrogen and oxygen atoms in total. The Morgan fingerprint density at radius 1 is 0.611 bits per heavy atom. The van der Waals surface area contributed by atoms with Crippen LogP contribution in [0.15, 0.2) is 82.0 Å². The van der Waals surface area contributed by atoms with E-state index in [0.717, 1.165) is 39.0 Å². The molecule has 1 aliphatic heterocycles. The lowest BCUT2D eigenvalue weighted by molar-refractivity contribution is 0.141. The maximum absolute atomic E-state index is 4.84. The predicted octanol–water partition coefficient (Wildman–Crippen LogP) is 7.90. The molecule has 0 radical (unpaired) electrons. The number of unbranched alkanes of at least 4 members (excludes halogenated alkanes) is 4. The van der Waals surface area contributed by atoms with Crippen molar-refractivity contribution in [2.45, 2.75) is 65.2 Å². The van der Waals surface area contributed by atoms with Crippen LogP contribution in [0.3, 0.4) is 0 Å². The normalized spacial score (nSPS) is 15.4. The molecule has 0 saturated carbocycles. The van der Waals surface area contributed by atoms with Gasteiger partial charge in [0.1, 0.15) is 0 Å². The van der Waals surface area contributed by atoms with Gasteiger partial charge >= 0.3 is 0 Å². The molecule has 0 aliphatic carbocycles. The molecule has 1 heterocycles. The number of hydrogen-bond acceptors (Lipinski definition) is 4. The van der Waals surface area contributed by atoms with Crippen LogP contribution in [0.1, 0.15) is 76.3 Å². The molecule has 3 rings (SSSR count). The maximum atomic E-state index is 4.84. The summed E-state index contributed by atoms with van der Waals surface area (Å²) in [6.45, 7) is 8.10. The Morgan fingerprint density at radius 2 is 1.00 bits per heavy atom. The van der Waals surface area contributed by atoms with Gasteiger partial charge in [0.15, 0.2) is 0 Å². The van der Waals surface area contributed by atoms with Gasteiger partial charge in [0.05, 0.1) is 38.6 Å². The summed E-state index contributed by atoms with van der Waals surface area (Å²) in [7, 11) is 0. The Kier molecular flexibility index (Phi) is 12.6. The zero-order valence-electron chi connectivity index (χ0n) is 22.4. The fraction of sp³-hybridized carbons (Fsp3) is 0.438. The molecule has 0 amide bonds. The van der Waals surface area contributed by atoms with E-state index >= 15 is 0 Å². The Labute approximate surface area is 219 Å². The average molecular weight is 485 g/mol. The van der Waals surface area contributed by atoms with E-state index in [0.29, 0.717) is 0 Å². The minimum atomic E-state index is 0.898. The second-order valence-corrected chi connectivity index (χ2v) is 9.57. The van der Waals surface area contributed by atoms with Crippen molar-refractivity contribution in [3.63, 3.8) is 0 Å². The SMILES string of the molecule is CCCCCC(=C/c1ccccc1)/C=N/N1CCN(/N=C/C(=C/c2ccccc2)CCCCC)CC1. The number of nitrogens with zero attached hydrogens (tertiary/aromatic N) is 4. The summed E-state index contributed by atoms with van der Waals surface area (Å²) in [4.78, 5) is 0. The second kappa shape index (κ2) is 16.5. The molecule has 1 fully saturated rings. The molecule has 192 valence electrons. The first-order chi connectivity index (χ1) is 17.8. The van der Waals surface area contributed by atoms with Crippen molar-refractivity contribution in [3.8, 4) is 0 Å². The fourth-order valence-corrected chi connectivity index (χ4v) is 4.26. The summed E-state index contributed by atoms with van der Waals surface area (Å²) in [5, 5.41) is 14.1. The molecule has 0 spiro atoms. The number of benzene rings is 2. The summed E-state index contributed by atoms with van der Waals surface area (Å²) in [5.74, 6) is 0. The molecular weight excluding hydrogens is 440 g/mol. The van der Waals surface area contributed by atoms with Gasteiger partial charge in [0, 0.05) is 0 Å². The van der Waals surface area contributed by atoms with Crippen LogP contribution in [-0.2, 0) is 0 Å². The molecule has 0 bridgehead atoms. The Morgan fingerprint density at radius 3 is 1.36 bits per heavy atom. The van der Waals surface area contributed by atoms with Gasteiger partial charge in [-0.15, -0.1) is 0 Å². The lowest BCUT2D eigenvalue weighted by Crippen LogP contribution is -2.41. The summed E-state index contributed by atoms with van der Waals surface area (Å²) in [6.07, 6.45) is 18.3. The largest absolute Gasteiger partial charge is 0.293 e. The first-order valence-corrected chi connectivity index (χ1v) is 13.9. The van der Waals surface area contributed by atoms with Gasteiger partial charge in [-0.25, -0.2) is 0 Å². The van der Waals surface area contributed by atoms with Crippen molar-refractivity contribution in [2.24, 2.45) is 10.2 Å². The van der Waals surface area contributed by atoms with Gasteiger partial charge in [-0.3, -0.25) is 10.0 Å². The summed E-state index contributed by atoms with van der Waals surface area (Å²) in [6, 6.07) is 21.1. The number of piperazine rings is 1. The van der Waals surface area contributed by atoms with E-state index in [1.54, 1.807) is 0 Å². The molecule has 0 N–H and O–H groups in total. The van der Waals surface area contributed by atoms with Crippen LogP contribution in [0, 0.1) is 0 Å². The molecular formula is C32H44N4. The van der Waals surface area contributed by atoms with Crippen molar-refractivity contribution in [1.29, 1.82) is 0 Å². The highest BCUT2D eigenvalue weighted by Crippen LogP contribution is 2.15. The number of allylic oxidation sites excluding steroid dienone is 2. The predicted molar refractivity (Wildman–Crippen MR) is 157 cm³/mol. The third-order valence-electron chi connectivity index (χ3n) is 6.45. The zero-order chi connectivity index (χ0) is 25.3. The summed E-state index contributed by atoms with van der Waals surface area (Å²) >= 11 is 0. The van der Waals surface area contributed by atoms with E-state index in [9.17, 15) is 0 Å². The highest BCUT2D eigenvalue weighted by atomic mass is 15.5. The second-order valence-electron chi connectivity index (χ2n) is 9.57. The van der Waals surface area contributed by atoms with Crippen LogP contribution >= 0.6 is 0 Å². The van der Waals surface area contributed by atoms with Crippen molar-refractivity contribution >= 4 is 24.6 Å². The Hall–Kier alpha value is -3.14. The molecule has 36 heavy (non-hydrogen) atoms. The zero-order valence-corrected chi connectivity index (χ0v) is 22.4. The van der Waals surface area contributed by atoms with Gasteiger partial charge in [0.25, 0.3) is 0 Å². The lowest BCUT2D eigenvalue weighted by atomic mass is 10.1. The number of hydrazone groups is 2. The molecule has 1 aliphatic rings. The lowest BCUT2D eigenvalue weighted by Gasteiger charge is -2.31. The van der Waals surface area contributed by atoms with E-state index in [1.165, 1.54) is 60.8 Å². The summed E-state index contributed by atoms with van der Waals surface area (Å²) < 4.78 is 0. The van der Waals surface area contributed by atoms with Crippen LogP contribution in [0.5, 0.6) is 0 Å². The molecule has 0 aromatic heterocycles. The van der Waals surface area contributed by atoms with Gasteiger partial charge in [0.2, 0.25) is 0 Å². The van der Waals surface area contributed by atoms with Crippen molar-refractivity contribution in [3.05, 3.63) is 82.9 Å². The molecule has 2 aromatic carbocycles. The topological polar surface area (TPSA) is 31.2 Å².